The topological polar surface area (TPSA) is 78.9 Å². The summed E-state index contributed by atoms with van der Waals surface area (Å²) in [5.74, 6) is -0.834. The molecule has 0 aromatic carbocycles. The Hall–Kier alpha value is -1.85. The highest BCUT2D eigenvalue weighted by molar-refractivity contribution is 5.71. The molecule has 0 amide bonds. The number of carbonyl (C=O) groups is 3. The van der Waals surface area contributed by atoms with E-state index in [1.807, 2.05) is 0 Å². The van der Waals surface area contributed by atoms with E-state index in [4.69, 9.17) is 14.2 Å². The van der Waals surface area contributed by atoms with Crippen molar-refractivity contribution in [1.29, 1.82) is 0 Å². The lowest BCUT2D eigenvalue weighted by Crippen LogP contribution is -2.30. The molecule has 0 rings (SSSR count). The van der Waals surface area contributed by atoms with Crippen molar-refractivity contribution in [2.24, 2.45) is 0 Å². The van der Waals surface area contributed by atoms with E-state index in [0.29, 0.717) is 19.3 Å². The molecule has 1 unspecified atom stereocenters. The molecular weight excluding hydrogens is 889 g/mol. The Kier molecular flexibility index (Phi) is 60.1. The summed E-state index contributed by atoms with van der Waals surface area (Å²) in [5, 5.41) is 0. The van der Waals surface area contributed by atoms with Crippen LogP contribution >= 0.6 is 0 Å². The van der Waals surface area contributed by atoms with Crippen molar-refractivity contribution >= 4 is 17.9 Å². The summed E-state index contributed by atoms with van der Waals surface area (Å²) in [6.45, 7) is 6.72. The Balaban J connectivity index is 4.26. The molecule has 0 fully saturated rings. The monoisotopic (exact) mass is 1010 g/mol. The molecule has 426 valence electrons. The van der Waals surface area contributed by atoms with Gasteiger partial charge in [0.25, 0.3) is 0 Å². The van der Waals surface area contributed by atoms with Crippen LogP contribution in [0, 0.1) is 0 Å². The van der Waals surface area contributed by atoms with Gasteiger partial charge >= 0.3 is 17.9 Å². The maximum Gasteiger partial charge on any atom is 0.306 e. The lowest BCUT2D eigenvalue weighted by Gasteiger charge is -2.18. The molecule has 0 saturated carbocycles. The molecule has 6 heteroatoms. The Labute approximate surface area is 450 Å². The van der Waals surface area contributed by atoms with Crippen LogP contribution in [0.1, 0.15) is 374 Å². The van der Waals surface area contributed by atoms with Crippen LogP contribution in [-0.2, 0) is 28.6 Å². The van der Waals surface area contributed by atoms with E-state index >= 15 is 0 Å². The zero-order chi connectivity index (χ0) is 52.2. The second-order valence-electron chi connectivity index (χ2n) is 22.4. The van der Waals surface area contributed by atoms with Gasteiger partial charge in [-0.2, -0.15) is 0 Å². The summed E-state index contributed by atoms with van der Waals surface area (Å²) in [6, 6.07) is 0. The van der Waals surface area contributed by atoms with Crippen molar-refractivity contribution in [2.75, 3.05) is 13.2 Å². The molecule has 0 aliphatic rings. The third-order valence-electron chi connectivity index (χ3n) is 15.0. The zero-order valence-corrected chi connectivity index (χ0v) is 49.0. The number of ether oxygens (including phenoxy) is 3. The largest absolute Gasteiger partial charge is 0.462 e. The lowest BCUT2D eigenvalue weighted by atomic mass is 10.0. The number of rotatable bonds is 61. The quantitative estimate of drug-likeness (QED) is 0.0261. The zero-order valence-electron chi connectivity index (χ0n) is 49.0. The van der Waals surface area contributed by atoms with Gasteiger partial charge < -0.3 is 14.2 Å². The van der Waals surface area contributed by atoms with E-state index in [1.54, 1.807) is 0 Å². The summed E-state index contributed by atoms with van der Waals surface area (Å²) >= 11 is 0. The van der Waals surface area contributed by atoms with E-state index in [9.17, 15) is 14.4 Å². The van der Waals surface area contributed by atoms with E-state index in [0.717, 1.165) is 57.8 Å². The Morgan fingerprint density at radius 3 is 0.694 bits per heavy atom. The highest BCUT2D eigenvalue weighted by atomic mass is 16.6. The van der Waals surface area contributed by atoms with Gasteiger partial charge in [-0.05, 0) is 44.9 Å². The maximum absolute atomic E-state index is 12.9. The molecule has 0 saturated heterocycles. The van der Waals surface area contributed by atoms with Gasteiger partial charge in [-0.15, -0.1) is 0 Å². The van der Waals surface area contributed by atoms with E-state index in [2.05, 4.69) is 32.9 Å². The minimum atomic E-state index is -0.766. The standard InChI is InChI=1S/C66H126O6/c1-4-7-10-13-16-19-22-25-27-29-31-33-35-36-38-41-44-47-50-53-56-59-65(68)71-62-63(61-70-64(67)58-55-52-49-46-43-40-24-21-18-15-12-9-6-3)72-66(69)60-57-54-51-48-45-42-39-37-34-32-30-28-26-23-20-17-14-11-8-5-2/h29,31,63H,4-28,30,32-62H2,1-3H3/b31-29-. The molecule has 0 spiro atoms. The van der Waals surface area contributed by atoms with Crippen LogP contribution in [0.15, 0.2) is 12.2 Å². The van der Waals surface area contributed by atoms with Gasteiger partial charge in [-0.1, -0.05) is 322 Å². The third-order valence-corrected chi connectivity index (χ3v) is 15.0. The minimum Gasteiger partial charge on any atom is -0.462 e. The first-order chi connectivity index (χ1) is 35.5. The van der Waals surface area contributed by atoms with Gasteiger partial charge in [0.05, 0.1) is 0 Å². The Morgan fingerprint density at radius 2 is 0.458 bits per heavy atom. The SMILES string of the molecule is CCCCCCCCCC/C=C\CCCCCCCCCCCC(=O)OCC(COC(=O)CCCCCCCCCCCCCCC)OC(=O)CCCCCCCCCCCCCCCCCCCCCC. The number of unbranched alkanes of at least 4 members (excludes halogenated alkanes) is 48. The molecule has 1 atom stereocenters. The van der Waals surface area contributed by atoms with E-state index in [1.165, 1.54) is 276 Å². The number of carbonyl (C=O) groups excluding carboxylic acids is 3. The van der Waals surface area contributed by atoms with Crippen molar-refractivity contribution in [3.8, 4) is 0 Å². The molecular formula is C66H126O6. The van der Waals surface area contributed by atoms with Crippen LogP contribution in [0.4, 0.5) is 0 Å². The number of hydrogen-bond acceptors (Lipinski definition) is 6. The molecule has 0 heterocycles. The number of esters is 3. The van der Waals surface area contributed by atoms with Crippen LogP contribution in [-0.4, -0.2) is 37.2 Å². The smallest absolute Gasteiger partial charge is 0.306 e. The van der Waals surface area contributed by atoms with E-state index in [-0.39, 0.29) is 31.1 Å². The number of hydrogen-bond donors (Lipinski definition) is 0. The highest BCUT2D eigenvalue weighted by Gasteiger charge is 2.19. The predicted molar refractivity (Wildman–Crippen MR) is 312 cm³/mol. The molecule has 0 aromatic heterocycles. The van der Waals surface area contributed by atoms with Crippen LogP contribution in [0.2, 0.25) is 0 Å². The van der Waals surface area contributed by atoms with Crippen LogP contribution in [0.25, 0.3) is 0 Å². The molecule has 72 heavy (non-hydrogen) atoms. The van der Waals surface area contributed by atoms with Gasteiger partial charge in [-0.25, -0.2) is 0 Å². The Bertz CT molecular complexity index is 1120. The van der Waals surface area contributed by atoms with Gasteiger partial charge in [0.1, 0.15) is 13.2 Å². The van der Waals surface area contributed by atoms with Crippen molar-refractivity contribution in [3.05, 3.63) is 12.2 Å². The third kappa shape index (κ3) is 59.0. The summed E-state index contributed by atoms with van der Waals surface area (Å²) in [6.07, 6.45) is 72.2. The second-order valence-corrected chi connectivity index (χ2v) is 22.4. The average Bonchev–Trinajstić information content (AvgIpc) is 3.38. The molecule has 0 bridgehead atoms. The summed E-state index contributed by atoms with van der Waals surface area (Å²) in [7, 11) is 0. The van der Waals surface area contributed by atoms with Gasteiger partial charge in [0.15, 0.2) is 6.10 Å². The molecule has 6 nitrogen and oxygen atoms in total. The van der Waals surface area contributed by atoms with Gasteiger partial charge in [0.2, 0.25) is 0 Å². The molecule has 0 aromatic rings. The second kappa shape index (κ2) is 61.7. The van der Waals surface area contributed by atoms with Gasteiger partial charge in [0, 0.05) is 19.3 Å². The first-order valence-electron chi connectivity index (χ1n) is 32.7. The van der Waals surface area contributed by atoms with Crippen LogP contribution in [0.5, 0.6) is 0 Å². The molecule has 0 radical (unpaired) electrons. The summed E-state index contributed by atoms with van der Waals surface area (Å²) in [5.41, 5.74) is 0. The highest BCUT2D eigenvalue weighted by Crippen LogP contribution is 2.18. The van der Waals surface area contributed by atoms with Gasteiger partial charge in [-0.3, -0.25) is 14.4 Å². The summed E-state index contributed by atoms with van der Waals surface area (Å²) < 4.78 is 17.0. The van der Waals surface area contributed by atoms with Crippen LogP contribution < -0.4 is 0 Å². The van der Waals surface area contributed by atoms with Crippen molar-refractivity contribution in [3.63, 3.8) is 0 Å². The molecule has 0 aliphatic carbocycles. The Morgan fingerprint density at radius 1 is 0.264 bits per heavy atom. The first kappa shape index (κ1) is 70.1. The fourth-order valence-corrected chi connectivity index (χ4v) is 10.1. The lowest BCUT2D eigenvalue weighted by molar-refractivity contribution is -0.167. The molecule has 0 N–H and O–H groups in total. The number of allylic oxidation sites excluding steroid dienone is 2. The maximum atomic E-state index is 12.9. The van der Waals surface area contributed by atoms with Crippen LogP contribution in [0.3, 0.4) is 0 Å². The van der Waals surface area contributed by atoms with Crippen molar-refractivity contribution in [2.45, 2.75) is 380 Å². The van der Waals surface area contributed by atoms with Crippen molar-refractivity contribution < 1.29 is 28.6 Å². The fourth-order valence-electron chi connectivity index (χ4n) is 10.1. The predicted octanol–water partition coefficient (Wildman–Crippen LogP) is 22.1. The van der Waals surface area contributed by atoms with Crippen molar-refractivity contribution in [1.82, 2.24) is 0 Å². The first-order valence-corrected chi connectivity index (χ1v) is 32.7. The summed E-state index contributed by atoms with van der Waals surface area (Å²) in [4.78, 5) is 38.3. The normalized spacial score (nSPS) is 12.0. The molecule has 0 aliphatic heterocycles. The fraction of sp³-hybridized carbons (Fsp3) is 0.924. The minimum absolute atomic E-state index is 0.0639. The van der Waals surface area contributed by atoms with E-state index < -0.39 is 6.10 Å². The average molecular weight is 1020 g/mol.